The van der Waals surface area contributed by atoms with Gasteiger partial charge in [0.05, 0.1) is 12.1 Å². The van der Waals surface area contributed by atoms with Crippen molar-refractivity contribution in [1.29, 1.82) is 0 Å². The molecule has 1 aromatic rings. The second kappa shape index (κ2) is 4.51. The Balaban J connectivity index is 3.09. The van der Waals surface area contributed by atoms with Gasteiger partial charge in [0, 0.05) is 18.7 Å². The molecule has 0 fully saturated rings. The highest BCUT2D eigenvalue weighted by atomic mass is 19.4. The van der Waals surface area contributed by atoms with Crippen molar-refractivity contribution in [2.45, 2.75) is 26.1 Å². The van der Waals surface area contributed by atoms with Crippen molar-refractivity contribution in [2.24, 2.45) is 0 Å². The van der Waals surface area contributed by atoms with Crippen LogP contribution in [0.2, 0.25) is 0 Å². The Bertz CT molecular complexity index is 448. The summed E-state index contributed by atoms with van der Waals surface area (Å²) in [6.07, 6.45) is -3.66. The highest BCUT2D eigenvalue weighted by Crippen LogP contribution is 2.27. The van der Waals surface area contributed by atoms with Gasteiger partial charge in [0.1, 0.15) is 0 Å². The predicted octanol–water partition coefficient (Wildman–Crippen LogP) is 1.85. The summed E-state index contributed by atoms with van der Waals surface area (Å²) in [4.78, 5) is 22.2. The third-order valence-electron chi connectivity index (χ3n) is 2.05. The first-order chi connectivity index (χ1) is 7.34. The van der Waals surface area contributed by atoms with E-state index in [1.54, 1.807) is 6.92 Å². The van der Waals surface area contributed by atoms with Gasteiger partial charge in [-0.2, -0.15) is 13.2 Å². The van der Waals surface area contributed by atoms with Crippen LogP contribution in [-0.4, -0.2) is 10.4 Å². The summed E-state index contributed by atoms with van der Waals surface area (Å²) in [6.45, 7) is 1.26. The van der Waals surface area contributed by atoms with Gasteiger partial charge in [0.15, 0.2) is 5.78 Å². The molecule has 0 aliphatic heterocycles. The summed E-state index contributed by atoms with van der Waals surface area (Å²) in [5.41, 5.74) is -1.55. The molecule has 0 bridgehead atoms. The summed E-state index contributed by atoms with van der Waals surface area (Å²) >= 11 is 0. The van der Waals surface area contributed by atoms with Gasteiger partial charge in [-0.1, -0.05) is 6.92 Å². The standard InChI is InChI=1S/C10H10F3NO2/c1-2-8(15)6-14-5-7(10(11,12)13)3-4-9(14)16/h3-5H,2,6H2,1H3. The highest BCUT2D eigenvalue weighted by Gasteiger charge is 2.31. The molecule has 16 heavy (non-hydrogen) atoms. The smallest absolute Gasteiger partial charge is 0.307 e. The molecular weight excluding hydrogens is 223 g/mol. The summed E-state index contributed by atoms with van der Waals surface area (Å²) < 4.78 is 37.7. The summed E-state index contributed by atoms with van der Waals surface area (Å²) in [6, 6.07) is 1.51. The summed E-state index contributed by atoms with van der Waals surface area (Å²) in [5.74, 6) is -0.290. The van der Waals surface area contributed by atoms with E-state index >= 15 is 0 Å². The molecule has 3 nitrogen and oxygen atoms in total. The number of ketones is 1. The molecule has 88 valence electrons. The number of nitrogens with zero attached hydrogens (tertiary/aromatic N) is 1. The molecule has 0 aliphatic carbocycles. The van der Waals surface area contributed by atoms with E-state index in [1.165, 1.54) is 0 Å². The molecule has 0 aliphatic rings. The SMILES string of the molecule is CCC(=O)Cn1cc(C(F)(F)F)ccc1=O. The van der Waals surface area contributed by atoms with Crippen LogP contribution < -0.4 is 5.56 Å². The molecule has 0 aromatic carbocycles. The fourth-order valence-corrected chi connectivity index (χ4v) is 1.12. The van der Waals surface area contributed by atoms with Gasteiger partial charge < -0.3 is 4.57 Å². The number of aromatic nitrogens is 1. The van der Waals surface area contributed by atoms with Crippen molar-refractivity contribution in [3.05, 3.63) is 34.2 Å². The fourth-order valence-electron chi connectivity index (χ4n) is 1.12. The van der Waals surface area contributed by atoms with Gasteiger partial charge in [-0.05, 0) is 6.07 Å². The van der Waals surface area contributed by atoms with E-state index in [0.29, 0.717) is 12.3 Å². The molecule has 0 spiro atoms. The molecule has 0 N–H and O–H groups in total. The molecular formula is C10H10F3NO2. The Labute approximate surface area is 89.5 Å². The first-order valence-electron chi connectivity index (χ1n) is 4.64. The molecule has 1 rings (SSSR count). The Hall–Kier alpha value is -1.59. The van der Waals surface area contributed by atoms with Crippen molar-refractivity contribution < 1.29 is 18.0 Å². The Morgan fingerprint density at radius 3 is 2.50 bits per heavy atom. The molecule has 1 heterocycles. The molecule has 0 atom stereocenters. The minimum absolute atomic E-state index is 0.183. The Kier molecular flexibility index (Phi) is 3.51. The average Bonchev–Trinajstić information content (AvgIpc) is 2.19. The predicted molar refractivity (Wildman–Crippen MR) is 51.0 cm³/mol. The average molecular weight is 233 g/mol. The van der Waals surface area contributed by atoms with Crippen molar-refractivity contribution in [3.8, 4) is 0 Å². The third-order valence-corrected chi connectivity index (χ3v) is 2.05. The molecule has 0 saturated heterocycles. The maximum Gasteiger partial charge on any atom is 0.417 e. The minimum atomic E-state index is -4.51. The molecule has 0 amide bonds. The number of Topliss-reactive ketones (excluding diaryl/α,β-unsaturated/α-hetero) is 1. The van der Waals surface area contributed by atoms with E-state index in [1.807, 2.05) is 0 Å². The number of pyridine rings is 1. The quantitative estimate of drug-likeness (QED) is 0.799. The molecule has 0 unspecified atom stereocenters. The lowest BCUT2D eigenvalue weighted by atomic mass is 10.2. The van der Waals surface area contributed by atoms with Crippen LogP contribution in [0, 0.1) is 0 Å². The van der Waals surface area contributed by atoms with Gasteiger partial charge in [-0.25, -0.2) is 0 Å². The van der Waals surface area contributed by atoms with E-state index in [0.717, 1.165) is 10.6 Å². The van der Waals surface area contributed by atoms with Crippen LogP contribution in [0.15, 0.2) is 23.1 Å². The lowest BCUT2D eigenvalue weighted by molar-refractivity contribution is -0.138. The van der Waals surface area contributed by atoms with Crippen LogP contribution in [0.1, 0.15) is 18.9 Å². The highest BCUT2D eigenvalue weighted by molar-refractivity contribution is 5.77. The number of hydrogen-bond acceptors (Lipinski definition) is 2. The second-order valence-corrected chi connectivity index (χ2v) is 3.27. The number of rotatable bonds is 3. The number of alkyl halides is 3. The number of carbonyl (C=O) groups excluding carboxylic acids is 1. The Morgan fingerprint density at radius 2 is 2.00 bits per heavy atom. The summed E-state index contributed by atoms with van der Waals surface area (Å²) in [5, 5.41) is 0. The van der Waals surface area contributed by atoms with E-state index in [9.17, 15) is 22.8 Å². The second-order valence-electron chi connectivity index (χ2n) is 3.27. The zero-order valence-electron chi connectivity index (χ0n) is 8.54. The zero-order valence-corrected chi connectivity index (χ0v) is 8.54. The van der Waals surface area contributed by atoms with Gasteiger partial charge >= 0.3 is 6.18 Å². The maximum absolute atomic E-state index is 12.3. The van der Waals surface area contributed by atoms with Crippen molar-refractivity contribution in [1.82, 2.24) is 4.57 Å². The lowest BCUT2D eigenvalue weighted by Crippen LogP contribution is -2.24. The van der Waals surface area contributed by atoms with Crippen LogP contribution in [0.4, 0.5) is 13.2 Å². The van der Waals surface area contributed by atoms with Crippen LogP contribution in [0.3, 0.4) is 0 Å². The summed E-state index contributed by atoms with van der Waals surface area (Å²) in [7, 11) is 0. The van der Waals surface area contributed by atoms with Crippen LogP contribution >= 0.6 is 0 Å². The van der Waals surface area contributed by atoms with Crippen LogP contribution in [0.25, 0.3) is 0 Å². The largest absolute Gasteiger partial charge is 0.417 e. The zero-order chi connectivity index (χ0) is 12.3. The molecule has 6 heteroatoms. The molecule has 1 aromatic heterocycles. The van der Waals surface area contributed by atoms with E-state index in [4.69, 9.17) is 0 Å². The first-order valence-corrected chi connectivity index (χ1v) is 4.64. The van der Waals surface area contributed by atoms with Gasteiger partial charge in [0.2, 0.25) is 0 Å². The molecule has 0 radical (unpaired) electrons. The topological polar surface area (TPSA) is 39.1 Å². The van der Waals surface area contributed by atoms with Crippen LogP contribution in [-0.2, 0) is 17.5 Å². The number of halogens is 3. The molecule has 0 saturated carbocycles. The van der Waals surface area contributed by atoms with Gasteiger partial charge in [-0.3, -0.25) is 9.59 Å². The van der Waals surface area contributed by atoms with Crippen molar-refractivity contribution in [2.75, 3.05) is 0 Å². The number of carbonyl (C=O) groups is 1. The van der Waals surface area contributed by atoms with E-state index < -0.39 is 17.3 Å². The normalized spacial score (nSPS) is 11.5. The monoisotopic (exact) mass is 233 g/mol. The Morgan fingerprint density at radius 1 is 1.38 bits per heavy atom. The minimum Gasteiger partial charge on any atom is -0.307 e. The fraction of sp³-hybridized carbons (Fsp3) is 0.400. The van der Waals surface area contributed by atoms with Crippen LogP contribution in [0.5, 0.6) is 0 Å². The van der Waals surface area contributed by atoms with E-state index in [-0.39, 0.29) is 18.7 Å². The number of hydrogen-bond donors (Lipinski definition) is 0. The van der Waals surface area contributed by atoms with Gasteiger partial charge in [0.25, 0.3) is 5.56 Å². The third kappa shape index (κ3) is 2.95. The van der Waals surface area contributed by atoms with Crippen molar-refractivity contribution >= 4 is 5.78 Å². The first kappa shape index (κ1) is 12.5. The van der Waals surface area contributed by atoms with Crippen molar-refractivity contribution in [3.63, 3.8) is 0 Å². The maximum atomic E-state index is 12.3. The van der Waals surface area contributed by atoms with Gasteiger partial charge in [-0.15, -0.1) is 0 Å². The lowest BCUT2D eigenvalue weighted by Gasteiger charge is -2.09. The van der Waals surface area contributed by atoms with E-state index in [2.05, 4.69) is 0 Å².